The first-order chi connectivity index (χ1) is 12.1. The molecule has 25 heavy (non-hydrogen) atoms. The van der Waals surface area contributed by atoms with Crippen molar-refractivity contribution in [2.45, 2.75) is 5.54 Å². The van der Waals surface area contributed by atoms with Gasteiger partial charge in [0.2, 0.25) is 0 Å². The number of nitrogens with one attached hydrogen (secondary N) is 1. The molecule has 0 unspecified atom stereocenters. The van der Waals surface area contributed by atoms with E-state index in [-0.39, 0.29) is 19.0 Å². The number of benzene rings is 2. The molecule has 0 aliphatic carbocycles. The highest BCUT2D eigenvalue weighted by atomic mass is 16.7. The fraction of sp³-hybridized carbons (Fsp3) is 0.167. The first-order valence-electron chi connectivity index (χ1n) is 7.83. The van der Waals surface area contributed by atoms with E-state index >= 15 is 0 Å². The van der Waals surface area contributed by atoms with Crippen LogP contribution in [0.15, 0.2) is 60.7 Å². The van der Waals surface area contributed by atoms with Crippen molar-refractivity contribution in [1.29, 1.82) is 0 Å². The quantitative estimate of drug-likeness (QED) is 0.860. The standard InChI is InChI=1S/C18H15N3O4/c22-15(13-7-3-1-4-8-13)25-20-11-18(12-20)16(23)19-17(24)21(18)14-9-5-2-6-10-14/h1-10H,11-12H2,(H,19,23,24). The van der Waals surface area contributed by atoms with Crippen molar-refractivity contribution in [3.8, 4) is 0 Å². The van der Waals surface area contributed by atoms with Crippen molar-refractivity contribution >= 4 is 23.6 Å². The van der Waals surface area contributed by atoms with Crippen molar-refractivity contribution < 1.29 is 19.2 Å². The molecule has 0 saturated carbocycles. The van der Waals surface area contributed by atoms with Crippen LogP contribution in [0.2, 0.25) is 0 Å². The van der Waals surface area contributed by atoms with E-state index in [9.17, 15) is 14.4 Å². The van der Waals surface area contributed by atoms with Crippen LogP contribution >= 0.6 is 0 Å². The third-order valence-electron chi connectivity index (χ3n) is 4.39. The zero-order chi connectivity index (χ0) is 17.4. The van der Waals surface area contributed by atoms with Crippen molar-refractivity contribution in [2.24, 2.45) is 0 Å². The third-order valence-corrected chi connectivity index (χ3v) is 4.39. The fourth-order valence-electron chi connectivity index (χ4n) is 3.14. The minimum atomic E-state index is -1.05. The molecule has 2 aromatic rings. The molecule has 2 fully saturated rings. The predicted molar refractivity (Wildman–Crippen MR) is 88.6 cm³/mol. The Labute approximate surface area is 143 Å². The number of amides is 3. The van der Waals surface area contributed by atoms with Crippen molar-refractivity contribution in [3.63, 3.8) is 0 Å². The topological polar surface area (TPSA) is 79.0 Å². The first-order valence-corrected chi connectivity index (χ1v) is 7.83. The molecule has 1 spiro atoms. The molecule has 0 aromatic heterocycles. The molecule has 126 valence electrons. The summed E-state index contributed by atoms with van der Waals surface area (Å²) in [4.78, 5) is 43.4. The number of hydrogen-bond acceptors (Lipinski definition) is 5. The highest BCUT2D eigenvalue weighted by Gasteiger charge is 2.62. The van der Waals surface area contributed by atoms with Crippen LogP contribution in [0, 0.1) is 0 Å². The van der Waals surface area contributed by atoms with Crippen LogP contribution in [0.4, 0.5) is 10.5 Å². The highest BCUT2D eigenvalue weighted by Crippen LogP contribution is 2.36. The summed E-state index contributed by atoms with van der Waals surface area (Å²) in [6, 6.07) is 17.1. The lowest BCUT2D eigenvalue weighted by atomic mass is 9.89. The van der Waals surface area contributed by atoms with Crippen LogP contribution < -0.4 is 10.2 Å². The molecule has 2 aromatic carbocycles. The molecular formula is C18H15N3O4. The lowest BCUT2D eigenvalue weighted by Crippen LogP contribution is -2.71. The minimum absolute atomic E-state index is 0.123. The highest BCUT2D eigenvalue weighted by molar-refractivity contribution is 6.17. The van der Waals surface area contributed by atoms with Gasteiger partial charge < -0.3 is 4.84 Å². The van der Waals surface area contributed by atoms with Gasteiger partial charge in [-0.2, -0.15) is 0 Å². The Morgan fingerprint density at radius 2 is 1.56 bits per heavy atom. The molecule has 2 aliphatic heterocycles. The number of hydrogen-bond donors (Lipinski definition) is 1. The number of carbonyl (C=O) groups is 3. The Hall–Kier alpha value is -3.19. The predicted octanol–water partition coefficient (Wildman–Crippen LogP) is 1.57. The molecule has 2 saturated heterocycles. The second kappa shape index (κ2) is 5.71. The Morgan fingerprint density at radius 3 is 2.20 bits per heavy atom. The van der Waals surface area contributed by atoms with E-state index < -0.39 is 17.5 Å². The molecule has 7 nitrogen and oxygen atoms in total. The SMILES string of the molecule is O=C(ON1CC2(C1)C(=O)NC(=O)N2c1ccccc1)c1ccccc1. The number of anilines is 1. The lowest BCUT2D eigenvalue weighted by molar-refractivity contribution is -0.183. The van der Waals surface area contributed by atoms with Gasteiger partial charge in [0, 0.05) is 5.69 Å². The van der Waals surface area contributed by atoms with E-state index in [1.807, 2.05) is 12.1 Å². The van der Waals surface area contributed by atoms with Crippen LogP contribution in [-0.2, 0) is 9.63 Å². The van der Waals surface area contributed by atoms with Gasteiger partial charge >= 0.3 is 12.0 Å². The third kappa shape index (κ3) is 2.45. The van der Waals surface area contributed by atoms with Crippen LogP contribution in [0.1, 0.15) is 10.4 Å². The number of rotatable bonds is 3. The molecule has 4 rings (SSSR count). The van der Waals surface area contributed by atoms with Crippen molar-refractivity contribution in [2.75, 3.05) is 18.0 Å². The van der Waals surface area contributed by atoms with Gasteiger partial charge in [-0.25, -0.2) is 9.59 Å². The number of nitrogens with zero attached hydrogens (tertiary/aromatic N) is 2. The molecule has 0 atom stereocenters. The zero-order valence-electron chi connectivity index (χ0n) is 13.2. The number of imide groups is 1. The molecular weight excluding hydrogens is 322 g/mol. The Balaban J connectivity index is 1.51. The maximum absolute atomic E-state index is 12.3. The van der Waals surface area contributed by atoms with Gasteiger partial charge in [-0.05, 0) is 24.3 Å². The summed E-state index contributed by atoms with van der Waals surface area (Å²) in [6.45, 7) is 0.246. The van der Waals surface area contributed by atoms with E-state index in [4.69, 9.17) is 4.84 Å². The largest absolute Gasteiger partial charge is 0.364 e. The average molecular weight is 337 g/mol. The monoisotopic (exact) mass is 337 g/mol. The molecule has 7 heteroatoms. The lowest BCUT2D eigenvalue weighted by Gasteiger charge is -2.47. The van der Waals surface area contributed by atoms with E-state index in [0.717, 1.165) is 0 Å². The average Bonchev–Trinajstić information content (AvgIpc) is 2.86. The molecule has 2 heterocycles. The van der Waals surface area contributed by atoms with Gasteiger partial charge in [0.1, 0.15) is 0 Å². The summed E-state index contributed by atoms with van der Waals surface area (Å²) in [5.74, 6) is -0.875. The van der Waals surface area contributed by atoms with Crippen molar-refractivity contribution in [3.05, 3.63) is 66.2 Å². The molecule has 0 radical (unpaired) electrons. The van der Waals surface area contributed by atoms with E-state index in [0.29, 0.717) is 11.3 Å². The second-order valence-corrected chi connectivity index (χ2v) is 6.00. The maximum atomic E-state index is 12.3. The number of para-hydroxylation sites is 1. The number of hydroxylamine groups is 2. The smallest absolute Gasteiger partial charge is 0.357 e. The summed E-state index contributed by atoms with van der Waals surface area (Å²) in [5, 5.41) is 3.74. The number of urea groups is 1. The van der Waals surface area contributed by atoms with Gasteiger partial charge in [-0.3, -0.25) is 15.0 Å². The van der Waals surface area contributed by atoms with Crippen molar-refractivity contribution in [1.82, 2.24) is 10.4 Å². The minimum Gasteiger partial charge on any atom is -0.364 e. The van der Waals surface area contributed by atoms with E-state index in [1.54, 1.807) is 48.5 Å². The molecule has 1 N–H and O–H groups in total. The second-order valence-electron chi connectivity index (χ2n) is 6.00. The van der Waals surface area contributed by atoms with Crippen LogP contribution in [-0.4, -0.2) is 41.6 Å². The van der Waals surface area contributed by atoms with Gasteiger partial charge in [0.15, 0.2) is 5.54 Å². The molecule has 3 amide bonds. The van der Waals surface area contributed by atoms with Gasteiger partial charge in [-0.15, -0.1) is 5.06 Å². The first kappa shape index (κ1) is 15.3. The van der Waals surface area contributed by atoms with E-state index in [1.165, 1.54) is 9.96 Å². The molecule has 2 aliphatic rings. The molecule has 0 bridgehead atoms. The van der Waals surface area contributed by atoms with Crippen LogP contribution in [0.25, 0.3) is 0 Å². The van der Waals surface area contributed by atoms with Crippen LogP contribution in [0.5, 0.6) is 0 Å². The van der Waals surface area contributed by atoms with E-state index in [2.05, 4.69) is 5.32 Å². The summed E-state index contributed by atoms with van der Waals surface area (Å²) < 4.78 is 0. The normalized spacial score (nSPS) is 18.8. The Morgan fingerprint density at radius 1 is 0.960 bits per heavy atom. The summed E-state index contributed by atoms with van der Waals surface area (Å²) in [7, 11) is 0. The number of carbonyl (C=O) groups excluding carboxylic acids is 3. The summed E-state index contributed by atoms with van der Waals surface area (Å²) >= 11 is 0. The zero-order valence-corrected chi connectivity index (χ0v) is 13.2. The van der Waals surface area contributed by atoms with Gasteiger partial charge in [-0.1, -0.05) is 36.4 Å². The Kier molecular flexibility index (Phi) is 3.51. The summed E-state index contributed by atoms with van der Waals surface area (Å²) in [6.07, 6.45) is 0. The van der Waals surface area contributed by atoms with Gasteiger partial charge in [0.25, 0.3) is 5.91 Å². The van der Waals surface area contributed by atoms with Gasteiger partial charge in [0.05, 0.1) is 18.7 Å². The maximum Gasteiger partial charge on any atom is 0.357 e. The van der Waals surface area contributed by atoms with Crippen LogP contribution in [0.3, 0.4) is 0 Å². The summed E-state index contributed by atoms with van der Waals surface area (Å²) in [5.41, 5.74) is 0.00489. The fourth-order valence-corrected chi connectivity index (χ4v) is 3.14. The Bertz CT molecular complexity index is 832.